The molecular formula is C5H7BaNO4. The fourth-order valence-corrected chi connectivity index (χ4v) is 0.391. The summed E-state index contributed by atoms with van der Waals surface area (Å²) < 4.78 is 0. The van der Waals surface area contributed by atoms with Crippen molar-refractivity contribution in [3.8, 4) is 0 Å². The fourth-order valence-electron chi connectivity index (χ4n) is 0.391. The van der Waals surface area contributed by atoms with Gasteiger partial charge in [0.05, 0.1) is 5.97 Å². The zero-order valence-corrected chi connectivity index (χ0v) is 10.3. The molecule has 0 saturated heterocycles. The Morgan fingerprint density at radius 2 is 1.82 bits per heavy atom. The summed E-state index contributed by atoms with van der Waals surface area (Å²) in [7, 11) is 0. The van der Waals surface area contributed by atoms with Crippen LogP contribution in [0.3, 0.4) is 0 Å². The van der Waals surface area contributed by atoms with Gasteiger partial charge < -0.3 is 25.5 Å². The summed E-state index contributed by atoms with van der Waals surface area (Å²) in [5.74, 6) is -2.75. The fraction of sp³-hybridized carbons (Fsp3) is 0.600. The van der Waals surface area contributed by atoms with Crippen LogP contribution in [0.15, 0.2) is 0 Å². The number of hydrogen-bond acceptors (Lipinski definition) is 5. The van der Waals surface area contributed by atoms with Gasteiger partial charge >= 0.3 is 48.9 Å². The molecule has 0 aliphatic rings. The SMILES string of the molecule is NC(CCC(=O)[O-])C(=O)[O-].[Ba+2]. The predicted octanol–water partition coefficient (Wildman–Crippen LogP) is -3.79. The van der Waals surface area contributed by atoms with E-state index in [4.69, 9.17) is 5.73 Å². The van der Waals surface area contributed by atoms with Gasteiger partial charge in [0, 0.05) is 12.0 Å². The molecule has 2 N–H and O–H groups in total. The van der Waals surface area contributed by atoms with Crippen molar-refractivity contribution in [2.24, 2.45) is 5.73 Å². The van der Waals surface area contributed by atoms with Crippen LogP contribution >= 0.6 is 0 Å². The number of carboxylic acids is 2. The molecule has 6 heteroatoms. The average Bonchev–Trinajstić information content (AvgIpc) is 1.82. The largest absolute Gasteiger partial charge is 2.00 e. The van der Waals surface area contributed by atoms with E-state index >= 15 is 0 Å². The third-order valence-electron chi connectivity index (χ3n) is 0.962. The summed E-state index contributed by atoms with van der Waals surface area (Å²) in [6.07, 6.45) is -0.500. The summed E-state index contributed by atoms with van der Waals surface area (Å²) >= 11 is 0. The van der Waals surface area contributed by atoms with Gasteiger partial charge in [0.1, 0.15) is 0 Å². The Labute approximate surface area is 104 Å². The van der Waals surface area contributed by atoms with Crippen LogP contribution in [0, 0.1) is 0 Å². The molecule has 58 valence electrons. The Kier molecular flexibility index (Phi) is 9.10. The zero-order valence-electron chi connectivity index (χ0n) is 5.91. The number of nitrogens with two attached hydrogens (primary N) is 1. The molecule has 0 heterocycles. The molecule has 0 aliphatic heterocycles. The van der Waals surface area contributed by atoms with Crippen LogP contribution in [-0.4, -0.2) is 66.9 Å². The number of hydrogen-bond donors (Lipinski definition) is 1. The van der Waals surface area contributed by atoms with Gasteiger partial charge in [0.15, 0.2) is 0 Å². The van der Waals surface area contributed by atoms with Gasteiger partial charge in [0.2, 0.25) is 0 Å². The van der Waals surface area contributed by atoms with E-state index in [1.165, 1.54) is 0 Å². The van der Waals surface area contributed by atoms with Crippen molar-refractivity contribution >= 4 is 60.8 Å². The van der Waals surface area contributed by atoms with Gasteiger partial charge in [-0.2, -0.15) is 0 Å². The second-order valence-corrected chi connectivity index (χ2v) is 1.84. The molecule has 0 aliphatic carbocycles. The number of rotatable bonds is 4. The minimum Gasteiger partial charge on any atom is -0.550 e. The molecule has 0 saturated carbocycles. The molecule has 1 unspecified atom stereocenters. The Morgan fingerprint density at radius 3 is 2.09 bits per heavy atom. The maximum Gasteiger partial charge on any atom is 2.00 e. The number of carbonyl (C=O) groups is 2. The summed E-state index contributed by atoms with van der Waals surface area (Å²) in [6.45, 7) is 0. The molecule has 0 amide bonds. The zero-order chi connectivity index (χ0) is 8.15. The van der Waals surface area contributed by atoms with E-state index < -0.39 is 18.0 Å². The molecule has 0 aromatic heterocycles. The first kappa shape index (κ1) is 14.0. The molecule has 11 heavy (non-hydrogen) atoms. The van der Waals surface area contributed by atoms with Crippen LogP contribution in [0.25, 0.3) is 0 Å². The van der Waals surface area contributed by atoms with Crippen molar-refractivity contribution in [1.82, 2.24) is 0 Å². The van der Waals surface area contributed by atoms with Crippen molar-refractivity contribution in [3.05, 3.63) is 0 Å². The first-order chi connectivity index (χ1) is 4.54. The topological polar surface area (TPSA) is 106 Å². The van der Waals surface area contributed by atoms with Gasteiger partial charge in [-0.15, -0.1) is 0 Å². The van der Waals surface area contributed by atoms with Gasteiger partial charge in [-0.3, -0.25) is 0 Å². The van der Waals surface area contributed by atoms with E-state index in [0.717, 1.165) is 0 Å². The van der Waals surface area contributed by atoms with Crippen molar-refractivity contribution in [3.63, 3.8) is 0 Å². The molecule has 0 fully saturated rings. The van der Waals surface area contributed by atoms with Gasteiger partial charge in [0.25, 0.3) is 0 Å². The maximum absolute atomic E-state index is 9.86. The summed E-state index contributed by atoms with van der Waals surface area (Å²) in [6, 6.07) is -1.21. The van der Waals surface area contributed by atoms with Crippen LogP contribution in [0.2, 0.25) is 0 Å². The van der Waals surface area contributed by atoms with E-state index in [1.54, 1.807) is 0 Å². The van der Waals surface area contributed by atoms with Gasteiger partial charge in [-0.25, -0.2) is 0 Å². The van der Waals surface area contributed by atoms with Crippen molar-refractivity contribution in [2.75, 3.05) is 0 Å². The Bertz CT molecular complexity index is 149. The Morgan fingerprint density at radius 1 is 1.36 bits per heavy atom. The monoisotopic (exact) mass is 283 g/mol. The van der Waals surface area contributed by atoms with Crippen molar-refractivity contribution < 1.29 is 19.8 Å². The minimum atomic E-state index is -1.44. The molecular weight excluding hydrogens is 275 g/mol. The van der Waals surface area contributed by atoms with E-state index in [9.17, 15) is 19.8 Å². The number of carboxylic acid groups (broad SMARTS) is 2. The van der Waals surface area contributed by atoms with Crippen molar-refractivity contribution in [2.45, 2.75) is 18.9 Å². The normalized spacial score (nSPS) is 11.4. The van der Waals surface area contributed by atoms with Crippen LogP contribution in [0.5, 0.6) is 0 Å². The summed E-state index contributed by atoms with van der Waals surface area (Å²) in [5, 5.41) is 19.6. The van der Waals surface area contributed by atoms with E-state index in [0.29, 0.717) is 0 Å². The predicted molar refractivity (Wildman–Crippen MR) is 33.0 cm³/mol. The molecule has 0 rings (SSSR count). The molecule has 0 aromatic rings. The van der Waals surface area contributed by atoms with Crippen molar-refractivity contribution in [1.29, 1.82) is 0 Å². The minimum absolute atomic E-state index is 0. The van der Waals surface area contributed by atoms with Crippen LogP contribution < -0.4 is 15.9 Å². The van der Waals surface area contributed by atoms with Crippen LogP contribution in [0.4, 0.5) is 0 Å². The van der Waals surface area contributed by atoms with E-state index in [1.807, 2.05) is 0 Å². The molecule has 0 aromatic carbocycles. The Hall–Kier alpha value is 0.471. The van der Waals surface area contributed by atoms with Gasteiger partial charge in [-0.05, 0) is 12.8 Å². The van der Waals surface area contributed by atoms with E-state index in [2.05, 4.69) is 0 Å². The van der Waals surface area contributed by atoms with Crippen LogP contribution in [0.1, 0.15) is 12.8 Å². The third-order valence-corrected chi connectivity index (χ3v) is 0.962. The van der Waals surface area contributed by atoms with E-state index in [-0.39, 0.29) is 61.7 Å². The van der Waals surface area contributed by atoms with Gasteiger partial charge in [-0.1, -0.05) is 0 Å². The molecule has 0 spiro atoms. The summed E-state index contributed by atoms with van der Waals surface area (Å²) in [5.41, 5.74) is 4.91. The Balaban J connectivity index is 0. The summed E-state index contributed by atoms with van der Waals surface area (Å²) in [4.78, 5) is 19.6. The standard InChI is InChI=1S/C5H9NO4.Ba/c6-3(5(9)10)1-2-4(7)8;/h3H,1-2,6H2,(H,7,8)(H,9,10);/q;+2/p-2. The molecule has 0 bridgehead atoms. The first-order valence-corrected chi connectivity index (χ1v) is 2.70. The average molecular weight is 282 g/mol. The number of carbonyl (C=O) groups excluding carboxylic acids is 2. The second kappa shape index (κ2) is 7.14. The molecule has 0 radical (unpaired) electrons. The number of aliphatic carboxylic acids is 2. The smallest absolute Gasteiger partial charge is 0.550 e. The quantitative estimate of drug-likeness (QED) is 0.533. The molecule has 1 atom stereocenters. The second-order valence-electron chi connectivity index (χ2n) is 1.84. The maximum atomic E-state index is 9.86. The first-order valence-electron chi connectivity index (χ1n) is 2.70. The molecule has 5 nitrogen and oxygen atoms in total. The third kappa shape index (κ3) is 8.38. The van der Waals surface area contributed by atoms with Crippen LogP contribution in [-0.2, 0) is 9.59 Å².